The Balaban J connectivity index is 1.78. The van der Waals surface area contributed by atoms with Crippen LogP contribution in [0, 0.1) is 0 Å². The molecule has 2 aliphatic carbocycles. The normalized spacial score (nSPS) is 27.3. The largest absolute Gasteiger partial charge is 0.356 e. The van der Waals surface area contributed by atoms with Gasteiger partial charge in [0.25, 0.3) is 5.56 Å². The summed E-state index contributed by atoms with van der Waals surface area (Å²) >= 11 is 0. The zero-order valence-corrected chi connectivity index (χ0v) is 11.4. The van der Waals surface area contributed by atoms with Crippen LogP contribution >= 0.6 is 0 Å². The lowest BCUT2D eigenvalue weighted by atomic mass is 9.91. The Morgan fingerprint density at radius 2 is 1.95 bits per heavy atom. The standard InChI is InChI=1S/C14H22N4O/c1-18(11-6-4-10(15)5-7-11)12-8-13(19)17-14(16-12)9-2-3-9/h8-11H,2-7,15H2,1H3,(H,16,17,19). The number of hydrogen-bond acceptors (Lipinski definition) is 4. The summed E-state index contributed by atoms with van der Waals surface area (Å²) in [4.78, 5) is 21.4. The minimum absolute atomic E-state index is 0.0359. The van der Waals surface area contributed by atoms with Crippen molar-refractivity contribution in [2.24, 2.45) is 5.73 Å². The van der Waals surface area contributed by atoms with Crippen molar-refractivity contribution in [3.05, 3.63) is 22.2 Å². The van der Waals surface area contributed by atoms with Gasteiger partial charge in [0.15, 0.2) is 0 Å². The number of anilines is 1. The minimum atomic E-state index is -0.0359. The number of nitrogens with two attached hydrogens (primary N) is 1. The highest BCUT2D eigenvalue weighted by atomic mass is 16.1. The number of aromatic amines is 1. The Bertz CT molecular complexity index is 500. The Morgan fingerprint density at radius 3 is 2.58 bits per heavy atom. The second-order valence-electron chi connectivity index (χ2n) is 5.94. The molecule has 2 fully saturated rings. The minimum Gasteiger partial charge on any atom is -0.356 e. The number of aromatic nitrogens is 2. The summed E-state index contributed by atoms with van der Waals surface area (Å²) < 4.78 is 0. The smallest absolute Gasteiger partial charge is 0.252 e. The lowest BCUT2D eigenvalue weighted by Gasteiger charge is -2.34. The van der Waals surface area contributed by atoms with Crippen molar-refractivity contribution in [1.29, 1.82) is 0 Å². The van der Waals surface area contributed by atoms with Gasteiger partial charge in [-0.15, -0.1) is 0 Å². The molecule has 0 aromatic carbocycles. The monoisotopic (exact) mass is 262 g/mol. The Kier molecular flexibility index (Phi) is 3.31. The van der Waals surface area contributed by atoms with Gasteiger partial charge < -0.3 is 15.6 Å². The van der Waals surface area contributed by atoms with Crippen molar-refractivity contribution >= 4 is 5.82 Å². The summed E-state index contributed by atoms with van der Waals surface area (Å²) in [6.07, 6.45) is 6.60. The molecule has 1 aromatic rings. The molecule has 1 aromatic heterocycles. The van der Waals surface area contributed by atoms with E-state index in [1.165, 1.54) is 0 Å². The molecular formula is C14H22N4O. The van der Waals surface area contributed by atoms with Crippen LogP contribution in [0.5, 0.6) is 0 Å². The quantitative estimate of drug-likeness (QED) is 0.862. The molecule has 5 nitrogen and oxygen atoms in total. The molecule has 104 valence electrons. The molecule has 5 heteroatoms. The first-order valence-corrected chi connectivity index (χ1v) is 7.23. The number of nitrogens with one attached hydrogen (secondary N) is 1. The van der Waals surface area contributed by atoms with Gasteiger partial charge in [0.2, 0.25) is 0 Å². The number of H-pyrrole nitrogens is 1. The van der Waals surface area contributed by atoms with E-state index in [0.29, 0.717) is 18.0 Å². The van der Waals surface area contributed by atoms with Crippen LogP contribution < -0.4 is 16.2 Å². The van der Waals surface area contributed by atoms with E-state index in [1.807, 2.05) is 7.05 Å². The second kappa shape index (κ2) is 4.96. The maximum absolute atomic E-state index is 11.7. The van der Waals surface area contributed by atoms with E-state index in [9.17, 15) is 4.79 Å². The molecule has 3 N–H and O–H groups in total. The zero-order chi connectivity index (χ0) is 13.4. The predicted molar refractivity (Wildman–Crippen MR) is 75.5 cm³/mol. The predicted octanol–water partition coefficient (Wildman–Crippen LogP) is 1.35. The van der Waals surface area contributed by atoms with E-state index in [0.717, 1.165) is 50.2 Å². The van der Waals surface area contributed by atoms with Crippen LogP contribution in [-0.2, 0) is 0 Å². The van der Waals surface area contributed by atoms with Crippen molar-refractivity contribution in [2.45, 2.75) is 56.5 Å². The van der Waals surface area contributed by atoms with Crippen LogP contribution in [0.2, 0.25) is 0 Å². The summed E-state index contributed by atoms with van der Waals surface area (Å²) in [6, 6.07) is 2.42. The highest BCUT2D eigenvalue weighted by Gasteiger charge is 2.28. The van der Waals surface area contributed by atoms with Gasteiger partial charge in [-0.3, -0.25) is 4.79 Å². The third kappa shape index (κ3) is 2.81. The van der Waals surface area contributed by atoms with Gasteiger partial charge in [0, 0.05) is 31.1 Å². The average Bonchev–Trinajstić information content (AvgIpc) is 3.22. The van der Waals surface area contributed by atoms with E-state index in [1.54, 1.807) is 6.07 Å². The van der Waals surface area contributed by atoms with Gasteiger partial charge in [-0.2, -0.15) is 0 Å². The van der Waals surface area contributed by atoms with Crippen molar-refractivity contribution in [1.82, 2.24) is 9.97 Å². The molecule has 0 unspecified atom stereocenters. The topological polar surface area (TPSA) is 75.0 Å². The maximum Gasteiger partial charge on any atom is 0.252 e. The van der Waals surface area contributed by atoms with Crippen LogP contribution in [0.25, 0.3) is 0 Å². The highest BCUT2D eigenvalue weighted by Crippen LogP contribution is 2.38. The third-order valence-electron chi connectivity index (χ3n) is 4.36. The van der Waals surface area contributed by atoms with Gasteiger partial charge in [0.05, 0.1) is 0 Å². The molecular weight excluding hydrogens is 240 g/mol. The Labute approximate surface area is 113 Å². The van der Waals surface area contributed by atoms with Crippen LogP contribution in [0.1, 0.15) is 50.3 Å². The molecule has 0 spiro atoms. The highest BCUT2D eigenvalue weighted by molar-refractivity contribution is 5.38. The molecule has 1 heterocycles. The third-order valence-corrected chi connectivity index (χ3v) is 4.36. The fourth-order valence-corrected chi connectivity index (χ4v) is 2.87. The van der Waals surface area contributed by atoms with Gasteiger partial charge >= 0.3 is 0 Å². The fourth-order valence-electron chi connectivity index (χ4n) is 2.87. The van der Waals surface area contributed by atoms with Crippen LogP contribution in [0.4, 0.5) is 5.82 Å². The summed E-state index contributed by atoms with van der Waals surface area (Å²) in [5.41, 5.74) is 5.91. The first-order chi connectivity index (χ1) is 9.13. The fraction of sp³-hybridized carbons (Fsp3) is 0.714. The molecule has 0 saturated heterocycles. The van der Waals surface area contributed by atoms with E-state index in [2.05, 4.69) is 14.9 Å². The van der Waals surface area contributed by atoms with Gasteiger partial charge in [-0.1, -0.05) is 0 Å². The molecule has 3 rings (SSSR count). The molecule has 2 aliphatic rings. The molecule has 0 amide bonds. The molecule has 0 bridgehead atoms. The molecule has 0 aliphatic heterocycles. The van der Waals surface area contributed by atoms with E-state index >= 15 is 0 Å². The molecule has 0 radical (unpaired) electrons. The van der Waals surface area contributed by atoms with E-state index in [-0.39, 0.29) is 5.56 Å². The first-order valence-electron chi connectivity index (χ1n) is 7.23. The van der Waals surface area contributed by atoms with Gasteiger partial charge in [-0.25, -0.2) is 4.98 Å². The molecule has 2 saturated carbocycles. The summed E-state index contributed by atoms with van der Waals surface area (Å²) in [7, 11) is 2.04. The first kappa shape index (κ1) is 12.7. The molecule has 0 atom stereocenters. The summed E-state index contributed by atoms with van der Waals surface area (Å²) in [5.74, 6) is 2.15. The maximum atomic E-state index is 11.7. The molecule has 19 heavy (non-hydrogen) atoms. The Morgan fingerprint density at radius 1 is 1.26 bits per heavy atom. The lowest BCUT2D eigenvalue weighted by Crippen LogP contribution is -2.39. The lowest BCUT2D eigenvalue weighted by molar-refractivity contribution is 0.383. The number of nitrogens with zero attached hydrogens (tertiary/aromatic N) is 2. The number of hydrogen-bond donors (Lipinski definition) is 2. The second-order valence-corrected chi connectivity index (χ2v) is 5.94. The van der Waals surface area contributed by atoms with Gasteiger partial charge in [0.1, 0.15) is 11.6 Å². The average molecular weight is 262 g/mol. The van der Waals surface area contributed by atoms with Crippen molar-refractivity contribution in [3.63, 3.8) is 0 Å². The van der Waals surface area contributed by atoms with Crippen molar-refractivity contribution in [2.75, 3.05) is 11.9 Å². The van der Waals surface area contributed by atoms with E-state index in [4.69, 9.17) is 5.73 Å². The zero-order valence-electron chi connectivity index (χ0n) is 11.4. The van der Waals surface area contributed by atoms with E-state index < -0.39 is 0 Å². The van der Waals surface area contributed by atoms with Crippen LogP contribution in [-0.4, -0.2) is 29.1 Å². The van der Waals surface area contributed by atoms with Crippen LogP contribution in [0.15, 0.2) is 10.9 Å². The van der Waals surface area contributed by atoms with Crippen LogP contribution in [0.3, 0.4) is 0 Å². The Hall–Kier alpha value is -1.36. The van der Waals surface area contributed by atoms with Gasteiger partial charge in [-0.05, 0) is 38.5 Å². The summed E-state index contributed by atoms with van der Waals surface area (Å²) in [5, 5.41) is 0. The van der Waals surface area contributed by atoms with Crippen molar-refractivity contribution < 1.29 is 0 Å². The summed E-state index contributed by atoms with van der Waals surface area (Å²) in [6.45, 7) is 0. The van der Waals surface area contributed by atoms with Crippen molar-refractivity contribution in [3.8, 4) is 0 Å². The SMILES string of the molecule is CN(c1cc(=O)[nH]c(C2CC2)n1)C1CCC(N)CC1. The number of rotatable bonds is 3.